The van der Waals surface area contributed by atoms with Gasteiger partial charge in [-0.2, -0.15) is 0 Å². The van der Waals surface area contributed by atoms with Gasteiger partial charge in [-0.3, -0.25) is 4.90 Å². The molecule has 1 aromatic carbocycles. The Bertz CT molecular complexity index is 548. The van der Waals surface area contributed by atoms with E-state index in [0.29, 0.717) is 11.8 Å². The van der Waals surface area contributed by atoms with Gasteiger partial charge in [-0.25, -0.2) is 0 Å². The van der Waals surface area contributed by atoms with Crippen LogP contribution < -0.4 is 5.32 Å². The summed E-state index contributed by atoms with van der Waals surface area (Å²) in [6.45, 7) is 3.88. The summed E-state index contributed by atoms with van der Waals surface area (Å²) in [5.41, 5.74) is 1.09. The van der Waals surface area contributed by atoms with Crippen LogP contribution in [0.3, 0.4) is 0 Å². The van der Waals surface area contributed by atoms with Gasteiger partial charge in [0.15, 0.2) is 0 Å². The standard InChI is InChI=1S/C17H22N2O2/c20-15-6-3-5-14(11-15)12-18-13-16(17-7-4-10-21-17)19-8-1-2-9-19/h3-7,10-11,16,18,20H,1-2,8-9,12-13H2. The predicted octanol–water partition coefficient (Wildman–Crippen LogP) is 2.91. The number of nitrogens with zero attached hydrogens (tertiary/aromatic N) is 1. The molecule has 2 aromatic rings. The van der Waals surface area contributed by atoms with Crippen LogP contribution in [-0.4, -0.2) is 29.6 Å². The third-order valence-corrected chi connectivity index (χ3v) is 4.03. The number of benzene rings is 1. The van der Waals surface area contributed by atoms with Gasteiger partial charge in [0, 0.05) is 13.1 Å². The Labute approximate surface area is 125 Å². The summed E-state index contributed by atoms with van der Waals surface area (Å²) >= 11 is 0. The minimum atomic E-state index is 0.291. The second-order valence-electron chi connectivity index (χ2n) is 5.58. The fourth-order valence-electron chi connectivity index (χ4n) is 2.96. The van der Waals surface area contributed by atoms with E-state index in [1.807, 2.05) is 18.2 Å². The quantitative estimate of drug-likeness (QED) is 0.857. The maximum Gasteiger partial charge on any atom is 0.122 e. The summed E-state index contributed by atoms with van der Waals surface area (Å²) in [5.74, 6) is 1.34. The molecule has 21 heavy (non-hydrogen) atoms. The van der Waals surface area contributed by atoms with Crippen molar-refractivity contribution in [1.82, 2.24) is 10.2 Å². The highest BCUT2D eigenvalue weighted by atomic mass is 16.3. The van der Waals surface area contributed by atoms with Gasteiger partial charge in [-0.15, -0.1) is 0 Å². The first kappa shape index (κ1) is 14.2. The number of phenols is 1. The van der Waals surface area contributed by atoms with E-state index in [2.05, 4.69) is 16.3 Å². The van der Waals surface area contributed by atoms with E-state index in [1.54, 1.807) is 18.4 Å². The Morgan fingerprint density at radius 2 is 2.05 bits per heavy atom. The van der Waals surface area contributed by atoms with E-state index in [4.69, 9.17) is 4.42 Å². The van der Waals surface area contributed by atoms with E-state index in [-0.39, 0.29) is 0 Å². The van der Waals surface area contributed by atoms with Crippen LogP contribution in [0.4, 0.5) is 0 Å². The molecule has 0 saturated carbocycles. The molecule has 0 spiro atoms. The van der Waals surface area contributed by atoms with Gasteiger partial charge in [0.25, 0.3) is 0 Å². The summed E-state index contributed by atoms with van der Waals surface area (Å²) in [4.78, 5) is 2.48. The maximum atomic E-state index is 9.49. The highest BCUT2D eigenvalue weighted by molar-refractivity contribution is 5.26. The molecule has 1 fully saturated rings. The van der Waals surface area contributed by atoms with Crippen molar-refractivity contribution in [2.75, 3.05) is 19.6 Å². The monoisotopic (exact) mass is 286 g/mol. The average molecular weight is 286 g/mol. The van der Waals surface area contributed by atoms with Crippen LogP contribution >= 0.6 is 0 Å². The van der Waals surface area contributed by atoms with E-state index < -0.39 is 0 Å². The lowest BCUT2D eigenvalue weighted by Crippen LogP contribution is -2.33. The molecular weight excluding hydrogens is 264 g/mol. The number of hydrogen-bond acceptors (Lipinski definition) is 4. The number of aromatic hydroxyl groups is 1. The fourth-order valence-corrected chi connectivity index (χ4v) is 2.96. The van der Waals surface area contributed by atoms with E-state index in [9.17, 15) is 5.11 Å². The Kier molecular flexibility index (Phi) is 4.58. The largest absolute Gasteiger partial charge is 0.508 e. The van der Waals surface area contributed by atoms with Crippen molar-refractivity contribution in [1.29, 1.82) is 0 Å². The topological polar surface area (TPSA) is 48.6 Å². The zero-order valence-corrected chi connectivity index (χ0v) is 12.2. The van der Waals surface area contributed by atoms with E-state index in [0.717, 1.165) is 37.5 Å². The van der Waals surface area contributed by atoms with E-state index >= 15 is 0 Å². The van der Waals surface area contributed by atoms with Crippen LogP contribution in [0.5, 0.6) is 5.75 Å². The van der Waals surface area contributed by atoms with Gasteiger partial charge in [0.1, 0.15) is 11.5 Å². The first-order valence-corrected chi connectivity index (χ1v) is 7.59. The lowest BCUT2D eigenvalue weighted by Gasteiger charge is -2.26. The minimum absolute atomic E-state index is 0.291. The lowest BCUT2D eigenvalue weighted by molar-refractivity contribution is 0.209. The molecule has 3 rings (SSSR count). The van der Waals surface area contributed by atoms with Gasteiger partial charge in [-0.05, 0) is 55.8 Å². The number of hydrogen-bond donors (Lipinski definition) is 2. The van der Waals surface area contributed by atoms with Crippen molar-refractivity contribution < 1.29 is 9.52 Å². The van der Waals surface area contributed by atoms with Gasteiger partial charge in [0.2, 0.25) is 0 Å². The Morgan fingerprint density at radius 1 is 1.19 bits per heavy atom. The van der Waals surface area contributed by atoms with Gasteiger partial charge >= 0.3 is 0 Å². The molecule has 0 radical (unpaired) electrons. The normalized spacial score (nSPS) is 17.1. The van der Waals surface area contributed by atoms with Gasteiger partial charge < -0.3 is 14.8 Å². The molecule has 1 aliphatic heterocycles. The summed E-state index contributed by atoms with van der Waals surface area (Å²) in [6.07, 6.45) is 4.28. The lowest BCUT2D eigenvalue weighted by atomic mass is 10.1. The summed E-state index contributed by atoms with van der Waals surface area (Å²) < 4.78 is 5.61. The zero-order valence-electron chi connectivity index (χ0n) is 12.2. The molecule has 2 heterocycles. The zero-order chi connectivity index (χ0) is 14.5. The predicted molar refractivity (Wildman–Crippen MR) is 82.1 cm³/mol. The van der Waals surface area contributed by atoms with Gasteiger partial charge in [0.05, 0.1) is 12.3 Å². The van der Waals surface area contributed by atoms with E-state index in [1.165, 1.54) is 12.8 Å². The van der Waals surface area contributed by atoms with Crippen molar-refractivity contribution in [3.63, 3.8) is 0 Å². The first-order valence-electron chi connectivity index (χ1n) is 7.59. The molecule has 1 unspecified atom stereocenters. The molecule has 4 nitrogen and oxygen atoms in total. The molecule has 2 N–H and O–H groups in total. The average Bonchev–Trinajstić information content (AvgIpc) is 3.17. The molecule has 112 valence electrons. The summed E-state index contributed by atoms with van der Waals surface area (Å²) in [5, 5.41) is 13.0. The van der Waals surface area contributed by atoms with Crippen LogP contribution in [0.2, 0.25) is 0 Å². The van der Waals surface area contributed by atoms with Gasteiger partial charge in [-0.1, -0.05) is 12.1 Å². The van der Waals surface area contributed by atoms with Crippen LogP contribution in [0, 0.1) is 0 Å². The summed E-state index contributed by atoms with van der Waals surface area (Å²) in [6, 6.07) is 11.7. The van der Waals surface area contributed by atoms with Crippen LogP contribution in [0.25, 0.3) is 0 Å². The third kappa shape index (κ3) is 3.65. The molecule has 1 atom stereocenters. The van der Waals surface area contributed by atoms with Crippen LogP contribution in [0.15, 0.2) is 47.1 Å². The SMILES string of the molecule is Oc1cccc(CNCC(c2ccco2)N2CCCC2)c1. The second-order valence-corrected chi connectivity index (χ2v) is 5.58. The highest BCUT2D eigenvalue weighted by Gasteiger charge is 2.24. The number of furan rings is 1. The number of likely N-dealkylation sites (tertiary alicyclic amines) is 1. The van der Waals surface area contributed by atoms with Crippen molar-refractivity contribution in [3.05, 3.63) is 54.0 Å². The molecular formula is C17H22N2O2. The molecule has 1 aliphatic rings. The first-order chi connectivity index (χ1) is 10.3. The number of phenolic OH excluding ortho intramolecular Hbond substituents is 1. The molecule has 1 saturated heterocycles. The minimum Gasteiger partial charge on any atom is -0.508 e. The van der Waals surface area contributed by atoms with Crippen molar-refractivity contribution in [3.8, 4) is 5.75 Å². The van der Waals surface area contributed by atoms with Crippen LogP contribution in [0.1, 0.15) is 30.2 Å². The number of rotatable bonds is 6. The Hall–Kier alpha value is -1.78. The Morgan fingerprint density at radius 3 is 2.76 bits per heavy atom. The van der Waals surface area contributed by atoms with Crippen LogP contribution in [-0.2, 0) is 6.54 Å². The highest BCUT2D eigenvalue weighted by Crippen LogP contribution is 2.25. The number of nitrogens with one attached hydrogen (secondary N) is 1. The van der Waals surface area contributed by atoms with Crippen molar-refractivity contribution in [2.24, 2.45) is 0 Å². The van der Waals surface area contributed by atoms with Crippen molar-refractivity contribution in [2.45, 2.75) is 25.4 Å². The Balaban J connectivity index is 1.60. The molecule has 1 aromatic heterocycles. The molecule has 0 bridgehead atoms. The molecule has 0 aliphatic carbocycles. The fraction of sp³-hybridized carbons (Fsp3) is 0.412. The second kappa shape index (κ2) is 6.78. The molecule has 4 heteroatoms. The smallest absolute Gasteiger partial charge is 0.122 e. The maximum absolute atomic E-state index is 9.49. The summed E-state index contributed by atoms with van der Waals surface area (Å²) in [7, 11) is 0. The third-order valence-electron chi connectivity index (χ3n) is 4.03. The van der Waals surface area contributed by atoms with Crippen molar-refractivity contribution >= 4 is 0 Å². The molecule has 0 amide bonds.